The number of aromatic nitrogens is 2. The summed E-state index contributed by atoms with van der Waals surface area (Å²) in [4.78, 5) is 27.0. The molecule has 0 radical (unpaired) electrons. The highest BCUT2D eigenvalue weighted by molar-refractivity contribution is 5.97. The maximum Gasteiger partial charge on any atom is 0.251 e. The van der Waals surface area contributed by atoms with Crippen LogP contribution in [0.25, 0.3) is 5.69 Å². The van der Waals surface area contributed by atoms with E-state index in [0.717, 1.165) is 22.6 Å². The fourth-order valence-corrected chi connectivity index (χ4v) is 3.65. The number of likely N-dealkylation sites (N-methyl/N-ethyl adjacent to an activating group) is 1. The normalized spacial score (nSPS) is 10.5. The number of carbonyl (C=O) groups excluding carboxylic acids is 2. The molecule has 0 spiro atoms. The maximum absolute atomic E-state index is 12.7. The second-order valence-electron chi connectivity index (χ2n) is 7.74. The lowest BCUT2D eigenvalue weighted by Gasteiger charge is -2.18. The average molecular weight is 467 g/mol. The highest BCUT2D eigenvalue weighted by Gasteiger charge is 2.20. The van der Waals surface area contributed by atoms with Crippen LogP contribution >= 0.6 is 0 Å². The van der Waals surface area contributed by atoms with Crippen LogP contribution in [-0.4, -0.2) is 61.4 Å². The molecule has 0 fully saturated rings. The molecule has 3 rings (SSSR count). The van der Waals surface area contributed by atoms with Gasteiger partial charge in [0.15, 0.2) is 11.5 Å². The van der Waals surface area contributed by atoms with Crippen molar-refractivity contribution in [3.63, 3.8) is 0 Å². The van der Waals surface area contributed by atoms with Gasteiger partial charge in [-0.3, -0.25) is 9.59 Å². The summed E-state index contributed by atoms with van der Waals surface area (Å²) in [5, 5.41) is 7.29. The zero-order valence-corrected chi connectivity index (χ0v) is 20.3. The first-order chi connectivity index (χ1) is 16.3. The highest BCUT2D eigenvalue weighted by atomic mass is 16.5. The van der Waals surface area contributed by atoms with Gasteiger partial charge in [0, 0.05) is 30.4 Å². The molecule has 34 heavy (non-hydrogen) atoms. The fraction of sp³-hybridized carbons (Fsp3) is 0.320. The number of para-hydroxylation sites is 1. The smallest absolute Gasteiger partial charge is 0.251 e. The summed E-state index contributed by atoms with van der Waals surface area (Å²) in [6, 6.07) is 12.9. The maximum atomic E-state index is 12.7. The summed E-state index contributed by atoms with van der Waals surface area (Å²) in [6.45, 7) is 4.12. The van der Waals surface area contributed by atoms with E-state index in [1.807, 2.05) is 48.9 Å². The first kappa shape index (κ1) is 24.6. The number of benzene rings is 2. The molecular formula is C25H30N4O5. The number of aryl methyl sites for hydroxylation is 1. The van der Waals surface area contributed by atoms with E-state index < -0.39 is 5.91 Å². The first-order valence-electron chi connectivity index (χ1n) is 10.7. The van der Waals surface area contributed by atoms with Gasteiger partial charge in [-0.1, -0.05) is 18.2 Å². The summed E-state index contributed by atoms with van der Waals surface area (Å²) in [5.74, 6) is 0.449. The Labute approximate surface area is 199 Å². The Bertz CT molecular complexity index is 1150. The van der Waals surface area contributed by atoms with E-state index in [2.05, 4.69) is 10.4 Å². The number of ether oxygens (including phenoxy) is 3. The molecule has 180 valence electrons. The van der Waals surface area contributed by atoms with Crippen molar-refractivity contribution in [2.24, 2.45) is 0 Å². The Morgan fingerprint density at radius 1 is 1.00 bits per heavy atom. The van der Waals surface area contributed by atoms with Crippen LogP contribution in [0.4, 0.5) is 0 Å². The van der Waals surface area contributed by atoms with Crippen molar-refractivity contribution in [3.05, 3.63) is 65.0 Å². The molecular weight excluding hydrogens is 436 g/mol. The van der Waals surface area contributed by atoms with E-state index in [-0.39, 0.29) is 12.5 Å². The second-order valence-corrected chi connectivity index (χ2v) is 7.74. The molecule has 2 amide bonds. The zero-order valence-electron chi connectivity index (χ0n) is 20.3. The predicted molar refractivity (Wildman–Crippen MR) is 128 cm³/mol. The van der Waals surface area contributed by atoms with Gasteiger partial charge in [0.2, 0.25) is 11.7 Å². The minimum Gasteiger partial charge on any atom is -0.493 e. The van der Waals surface area contributed by atoms with Gasteiger partial charge in [-0.2, -0.15) is 5.10 Å². The molecule has 2 aromatic carbocycles. The second kappa shape index (κ2) is 10.7. The van der Waals surface area contributed by atoms with Crippen molar-refractivity contribution in [1.29, 1.82) is 0 Å². The number of carbonyl (C=O) groups is 2. The molecule has 0 aliphatic carbocycles. The van der Waals surface area contributed by atoms with Crippen molar-refractivity contribution < 1.29 is 23.8 Å². The van der Waals surface area contributed by atoms with E-state index in [1.165, 1.54) is 33.5 Å². The van der Waals surface area contributed by atoms with Gasteiger partial charge in [0.25, 0.3) is 5.91 Å². The molecule has 1 N–H and O–H groups in total. The van der Waals surface area contributed by atoms with Gasteiger partial charge in [-0.05, 0) is 38.1 Å². The van der Waals surface area contributed by atoms with Gasteiger partial charge in [-0.15, -0.1) is 0 Å². The number of amides is 2. The van der Waals surface area contributed by atoms with Crippen LogP contribution in [-0.2, 0) is 11.3 Å². The monoisotopic (exact) mass is 466 g/mol. The van der Waals surface area contributed by atoms with Gasteiger partial charge < -0.3 is 24.4 Å². The molecule has 9 heteroatoms. The highest BCUT2D eigenvalue weighted by Crippen LogP contribution is 2.38. The zero-order chi connectivity index (χ0) is 24.8. The molecule has 9 nitrogen and oxygen atoms in total. The van der Waals surface area contributed by atoms with Crippen LogP contribution in [0.1, 0.15) is 27.3 Å². The van der Waals surface area contributed by atoms with Crippen LogP contribution in [0.5, 0.6) is 17.2 Å². The third kappa shape index (κ3) is 5.14. The quantitative estimate of drug-likeness (QED) is 0.521. The summed E-state index contributed by atoms with van der Waals surface area (Å²) < 4.78 is 17.7. The van der Waals surface area contributed by atoms with Gasteiger partial charge in [-0.25, -0.2) is 4.68 Å². The van der Waals surface area contributed by atoms with Crippen molar-refractivity contribution in [2.75, 3.05) is 34.9 Å². The molecule has 1 heterocycles. The van der Waals surface area contributed by atoms with Crippen molar-refractivity contribution >= 4 is 11.8 Å². The molecule has 1 aromatic heterocycles. The SMILES string of the molecule is COc1cc(C(=O)NCC(=O)N(C)Cc2c(C)nn(-c3ccccc3)c2C)cc(OC)c1OC. The minimum absolute atomic E-state index is 0.156. The lowest BCUT2D eigenvalue weighted by molar-refractivity contribution is -0.129. The number of rotatable bonds is 9. The topological polar surface area (TPSA) is 94.9 Å². The Morgan fingerprint density at radius 2 is 1.62 bits per heavy atom. The number of nitrogens with zero attached hydrogens (tertiary/aromatic N) is 3. The Kier molecular flexibility index (Phi) is 7.78. The van der Waals surface area contributed by atoms with E-state index in [9.17, 15) is 9.59 Å². The Morgan fingerprint density at radius 3 is 2.18 bits per heavy atom. The summed E-state index contributed by atoms with van der Waals surface area (Å²) in [6.07, 6.45) is 0. The standard InChI is InChI=1S/C25H30N4O5/c1-16-20(17(2)29(27-16)19-10-8-7-9-11-19)15-28(3)23(30)14-26-25(31)18-12-21(32-4)24(34-6)22(13-18)33-5/h7-13H,14-15H2,1-6H3,(H,26,31). The van der Waals surface area contributed by atoms with Crippen LogP contribution in [0.2, 0.25) is 0 Å². The lowest BCUT2D eigenvalue weighted by atomic mass is 10.1. The molecule has 0 atom stereocenters. The van der Waals surface area contributed by atoms with E-state index in [0.29, 0.717) is 29.4 Å². The third-order valence-corrected chi connectivity index (χ3v) is 5.59. The molecule has 0 unspecified atom stereocenters. The van der Waals surface area contributed by atoms with E-state index in [1.54, 1.807) is 11.9 Å². The predicted octanol–water partition coefficient (Wildman–Crippen LogP) is 2.90. The van der Waals surface area contributed by atoms with Crippen LogP contribution in [0, 0.1) is 13.8 Å². The van der Waals surface area contributed by atoms with Crippen LogP contribution in [0.15, 0.2) is 42.5 Å². The number of hydrogen-bond donors (Lipinski definition) is 1. The molecule has 0 saturated heterocycles. The summed E-state index contributed by atoms with van der Waals surface area (Å²) in [5.41, 5.74) is 4.03. The van der Waals surface area contributed by atoms with Gasteiger partial charge in [0.05, 0.1) is 39.3 Å². The first-order valence-corrected chi connectivity index (χ1v) is 10.7. The van der Waals surface area contributed by atoms with Crippen LogP contribution in [0.3, 0.4) is 0 Å². The lowest BCUT2D eigenvalue weighted by Crippen LogP contribution is -2.38. The summed E-state index contributed by atoms with van der Waals surface area (Å²) >= 11 is 0. The molecule has 0 bridgehead atoms. The van der Waals surface area contributed by atoms with Crippen molar-refractivity contribution in [2.45, 2.75) is 20.4 Å². The Hall–Kier alpha value is -4.01. The minimum atomic E-state index is -0.426. The van der Waals surface area contributed by atoms with Gasteiger partial charge >= 0.3 is 0 Å². The number of methoxy groups -OCH3 is 3. The Balaban J connectivity index is 1.67. The van der Waals surface area contributed by atoms with Crippen molar-refractivity contribution in [1.82, 2.24) is 20.0 Å². The largest absolute Gasteiger partial charge is 0.493 e. The van der Waals surface area contributed by atoms with Crippen molar-refractivity contribution in [3.8, 4) is 22.9 Å². The third-order valence-electron chi connectivity index (χ3n) is 5.59. The fourth-order valence-electron chi connectivity index (χ4n) is 3.65. The molecule has 0 aliphatic heterocycles. The summed E-state index contributed by atoms with van der Waals surface area (Å²) in [7, 11) is 6.14. The van der Waals surface area contributed by atoms with E-state index >= 15 is 0 Å². The molecule has 0 saturated carbocycles. The number of nitrogens with one attached hydrogen (secondary N) is 1. The van der Waals surface area contributed by atoms with Crippen LogP contribution < -0.4 is 19.5 Å². The van der Waals surface area contributed by atoms with Gasteiger partial charge in [0.1, 0.15) is 0 Å². The average Bonchev–Trinajstić information content (AvgIpc) is 3.14. The molecule has 3 aromatic rings. The number of hydrogen-bond acceptors (Lipinski definition) is 6. The van der Waals surface area contributed by atoms with E-state index in [4.69, 9.17) is 14.2 Å². The molecule has 0 aliphatic rings.